The van der Waals surface area contributed by atoms with Gasteiger partial charge in [0.05, 0.1) is 22.7 Å². The van der Waals surface area contributed by atoms with Crippen LogP contribution in [0.25, 0.3) is 0 Å². The minimum absolute atomic E-state index is 0.142. The van der Waals surface area contributed by atoms with E-state index >= 15 is 0 Å². The van der Waals surface area contributed by atoms with Crippen LogP contribution in [-0.2, 0) is 0 Å². The number of nitrogens with zero attached hydrogens (tertiary/aromatic N) is 1. The van der Waals surface area contributed by atoms with Crippen molar-refractivity contribution in [1.29, 1.82) is 0 Å². The van der Waals surface area contributed by atoms with Crippen LogP contribution in [0, 0.1) is 21.7 Å². The van der Waals surface area contributed by atoms with Crippen molar-refractivity contribution in [3.05, 3.63) is 39.4 Å². The zero-order chi connectivity index (χ0) is 15.3. The molecule has 0 aliphatic rings. The van der Waals surface area contributed by atoms with E-state index in [9.17, 15) is 28.8 Å². The van der Waals surface area contributed by atoms with Gasteiger partial charge in [-0.1, -0.05) is 13.3 Å². The highest BCUT2D eigenvalue weighted by Crippen LogP contribution is 2.22. The third-order valence-electron chi connectivity index (χ3n) is 2.58. The molecule has 0 radical (unpaired) electrons. The Balaban J connectivity index is 2.90. The summed E-state index contributed by atoms with van der Waals surface area (Å²) in [5.41, 5.74) is -1.87. The quantitative estimate of drug-likeness (QED) is 0.616. The molecule has 0 spiro atoms. The molecule has 0 aliphatic heterocycles. The molecular weight excluding hydrogens is 274 g/mol. The number of nitro groups is 1. The number of hydrogen-bond donors (Lipinski definition) is 2. The maximum Gasteiger partial charge on any atom is 0.308 e. The highest BCUT2D eigenvalue weighted by molar-refractivity contribution is 5.95. The molecule has 1 aromatic carbocycles. The van der Waals surface area contributed by atoms with E-state index in [1.165, 1.54) is 0 Å². The second-order valence-electron chi connectivity index (χ2n) is 4.20. The molecule has 0 saturated heterocycles. The van der Waals surface area contributed by atoms with Crippen LogP contribution in [-0.4, -0.2) is 28.6 Å². The van der Waals surface area contributed by atoms with Gasteiger partial charge in [-0.25, -0.2) is 4.39 Å². The van der Waals surface area contributed by atoms with Gasteiger partial charge in [0.1, 0.15) is 5.82 Å². The van der Waals surface area contributed by atoms with E-state index in [1.807, 2.05) is 6.92 Å². The maximum atomic E-state index is 13.7. The van der Waals surface area contributed by atoms with Crippen molar-refractivity contribution < 1.29 is 23.6 Å². The molecule has 2 N–H and O–H groups in total. The summed E-state index contributed by atoms with van der Waals surface area (Å²) in [6, 6.07) is 0.974. The molecule has 0 saturated carbocycles. The summed E-state index contributed by atoms with van der Waals surface area (Å²) < 4.78 is 26.8. The average Bonchev–Trinajstić information content (AvgIpc) is 2.38. The van der Waals surface area contributed by atoms with Crippen LogP contribution in [0.3, 0.4) is 0 Å². The lowest BCUT2D eigenvalue weighted by Crippen LogP contribution is -2.32. The molecule has 0 aliphatic carbocycles. The third kappa shape index (κ3) is 3.95. The number of aliphatic hydroxyl groups excluding tert-OH is 1. The largest absolute Gasteiger partial charge is 0.391 e. The highest BCUT2D eigenvalue weighted by atomic mass is 19.1. The molecule has 6 nitrogen and oxygen atoms in total. The number of rotatable bonds is 6. The summed E-state index contributed by atoms with van der Waals surface area (Å²) >= 11 is 0. The van der Waals surface area contributed by atoms with Crippen LogP contribution < -0.4 is 5.32 Å². The molecule has 1 rings (SSSR count). The van der Waals surface area contributed by atoms with Crippen molar-refractivity contribution in [2.75, 3.05) is 6.54 Å². The molecule has 1 aromatic rings. The fraction of sp³-hybridized carbons (Fsp3) is 0.417. The van der Waals surface area contributed by atoms with Crippen molar-refractivity contribution in [2.24, 2.45) is 0 Å². The van der Waals surface area contributed by atoms with Gasteiger partial charge in [-0.3, -0.25) is 14.9 Å². The molecule has 20 heavy (non-hydrogen) atoms. The standard InChI is InChI=1S/C12H14F2N2O4/c1-2-3-8(17)6-15-12(18)9-4-7(13)5-10(11(9)14)16(19)20/h4-5,8,17H,2-3,6H2,1H3,(H,15,18). The first kappa shape index (κ1) is 16.0. The van der Waals surface area contributed by atoms with Crippen molar-refractivity contribution in [1.82, 2.24) is 5.32 Å². The number of aliphatic hydroxyl groups is 1. The summed E-state index contributed by atoms with van der Waals surface area (Å²) in [6.45, 7) is 1.69. The minimum atomic E-state index is -1.40. The zero-order valence-electron chi connectivity index (χ0n) is 10.7. The number of carbonyl (C=O) groups excluding carboxylic acids is 1. The molecule has 0 heterocycles. The van der Waals surface area contributed by atoms with Crippen LogP contribution in [0.5, 0.6) is 0 Å². The fourth-order valence-electron chi connectivity index (χ4n) is 1.61. The summed E-state index contributed by atoms with van der Waals surface area (Å²) in [5.74, 6) is -3.50. The Morgan fingerprint density at radius 3 is 2.70 bits per heavy atom. The molecule has 1 unspecified atom stereocenters. The van der Waals surface area contributed by atoms with Gasteiger partial charge in [0, 0.05) is 6.54 Å². The van der Waals surface area contributed by atoms with Gasteiger partial charge < -0.3 is 10.4 Å². The number of benzene rings is 1. The van der Waals surface area contributed by atoms with Crippen molar-refractivity contribution in [2.45, 2.75) is 25.9 Å². The smallest absolute Gasteiger partial charge is 0.308 e. The topological polar surface area (TPSA) is 92.5 Å². The summed E-state index contributed by atoms with van der Waals surface area (Å²) in [5, 5.41) is 22.1. The Kier molecular flexibility index (Phi) is 5.51. The predicted molar refractivity (Wildman–Crippen MR) is 66.3 cm³/mol. The zero-order valence-corrected chi connectivity index (χ0v) is 10.7. The maximum absolute atomic E-state index is 13.7. The summed E-state index contributed by atoms with van der Waals surface area (Å²) in [7, 11) is 0. The molecule has 0 bridgehead atoms. The summed E-state index contributed by atoms with van der Waals surface area (Å²) in [6.07, 6.45) is 0.318. The van der Waals surface area contributed by atoms with Crippen molar-refractivity contribution in [3.8, 4) is 0 Å². The predicted octanol–water partition coefficient (Wildman–Crippen LogP) is 1.76. The Morgan fingerprint density at radius 2 is 2.15 bits per heavy atom. The van der Waals surface area contributed by atoms with Crippen molar-refractivity contribution >= 4 is 11.6 Å². The molecule has 110 valence electrons. The first-order valence-electron chi connectivity index (χ1n) is 5.96. The number of carbonyl (C=O) groups is 1. The lowest BCUT2D eigenvalue weighted by Gasteiger charge is -2.11. The number of nitro benzene ring substituents is 1. The van der Waals surface area contributed by atoms with E-state index < -0.39 is 39.8 Å². The lowest BCUT2D eigenvalue weighted by molar-refractivity contribution is -0.387. The van der Waals surface area contributed by atoms with Crippen LogP contribution in [0.15, 0.2) is 12.1 Å². The van der Waals surface area contributed by atoms with E-state index in [-0.39, 0.29) is 6.54 Å². The van der Waals surface area contributed by atoms with Crippen molar-refractivity contribution in [3.63, 3.8) is 0 Å². The number of nitrogens with one attached hydrogen (secondary N) is 1. The van der Waals surface area contributed by atoms with Gasteiger partial charge in [0.25, 0.3) is 5.91 Å². The van der Waals surface area contributed by atoms with E-state index in [4.69, 9.17) is 0 Å². The van der Waals surface area contributed by atoms with Gasteiger partial charge in [0.15, 0.2) is 0 Å². The monoisotopic (exact) mass is 288 g/mol. The van der Waals surface area contributed by atoms with Gasteiger partial charge in [-0.15, -0.1) is 0 Å². The molecule has 8 heteroatoms. The molecule has 1 amide bonds. The first-order chi connectivity index (χ1) is 9.36. The molecular formula is C12H14F2N2O4. The Morgan fingerprint density at radius 1 is 1.50 bits per heavy atom. The van der Waals surface area contributed by atoms with Crippen LogP contribution >= 0.6 is 0 Å². The van der Waals surface area contributed by atoms with Crippen LogP contribution in [0.2, 0.25) is 0 Å². The normalized spacial score (nSPS) is 12.0. The second-order valence-corrected chi connectivity index (χ2v) is 4.20. The Labute approximate surface area is 113 Å². The minimum Gasteiger partial charge on any atom is -0.391 e. The average molecular weight is 288 g/mol. The van der Waals surface area contributed by atoms with E-state index in [0.29, 0.717) is 25.0 Å². The number of halogens is 2. The highest BCUT2D eigenvalue weighted by Gasteiger charge is 2.24. The van der Waals surface area contributed by atoms with Gasteiger partial charge >= 0.3 is 5.69 Å². The second kappa shape index (κ2) is 6.90. The lowest BCUT2D eigenvalue weighted by atomic mass is 10.1. The molecule has 1 atom stereocenters. The van der Waals surface area contributed by atoms with E-state index in [1.54, 1.807) is 0 Å². The van der Waals surface area contributed by atoms with Gasteiger partial charge in [-0.2, -0.15) is 4.39 Å². The number of hydrogen-bond acceptors (Lipinski definition) is 4. The SMILES string of the molecule is CCCC(O)CNC(=O)c1cc(F)cc([N+](=O)[O-])c1F. The fourth-order valence-corrected chi connectivity index (χ4v) is 1.61. The van der Waals surface area contributed by atoms with Crippen LogP contribution in [0.1, 0.15) is 30.1 Å². The first-order valence-corrected chi connectivity index (χ1v) is 5.96. The van der Waals surface area contributed by atoms with Crippen LogP contribution in [0.4, 0.5) is 14.5 Å². The third-order valence-corrected chi connectivity index (χ3v) is 2.58. The Bertz CT molecular complexity index is 522. The van der Waals surface area contributed by atoms with Gasteiger partial charge in [0.2, 0.25) is 5.82 Å². The number of amides is 1. The van der Waals surface area contributed by atoms with Gasteiger partial charge in [-0.05, 0) is 12.5 Å². The summed E-state index contributed by atoms with van der Waals surface area (Å²) in [4.78, 5) is 21.1. The van der Waals surface area contributed by atoms with E-state index in [2.05, 4.69) is 5.32 Å². The van der Waals surface area contributed by atoms with E-state index in [0.717, 1.165) is 0 Å². The molecule has 0 aromatic heterocycles. The Hall–Kier alpha value is -2.09. The molecule has 0 fully saturated rings.